The fraction of sp³-hybridized carbons (Fsp3) is 0.500. The maximum absolute atomic E-state index is 13.1. The fourth-order valence-corrected chi connectivity index (χ4v) is 7.91. The highest BCUT2D eigenvalue weighted by atomic mass is 32.2. The minimum absolute atomic E-state index is 0.0853. The Morgan fingerprint density at radius 2 is 1.89 bits per heavy atom. The van der Waals surface area contributed by atoms with Gasteiger partial charge in [-0.2, -0.15) is 14.7 Å². The van der Waals surface area contributed by atoms with Gasteiger partial charge in [-0.05, 0) is 61.4 Å². The average Bonchev–Trinajstić information content (AvgIpc) is 3.57. The Labute approximate surface area is 210 Å². The lowest BCUT2D eigenvalue weighted by Gasteiger charge is -2.27. The van der Waals surface area contributed by atoms with E-state index in [1.54, 1.807) is 22.6 Å². The molecule has 2 aromatic heterocycles. The molecule has 2 fully saturated rings. The number of hydrogen-bond donors (Lipinski definition) is 2. The van der Waals surface area contributed by atoms with Crippen LogP contribution in [0, 0.1) is 23.2 Å². The van der Waals surface area contributed by atoms with E-state index in [0.29, 0.717) is 46.3 Å². The van der Waals surface area contributed by atoms with E-state index in [1.165, 1.54) is 12.8 Å². The summed E-state index contributed by atoms with van der Waals surface area (Å²) in [6.45, 7) is 0.941. The number of nitrogens with one attached hydrogen (secondary N) is 2. The second kappa shape index (κ2) is 9.05. The van der Waals surface area contributed by atoms with Gasteiger partial charge in [-0.15, -0.1) is 0 Å². The second-order valence-electron chi connectivity index (χ2n) is 10.3. The molecule has 2 N–H and O–H groups in total. The molecule has 9 nitrogen and oxygen atoms in total. The molecule has 2 aliphatic carbocycles. The summed E-state index contributed by atoms with van der Waals surface area (Å²) in [5.41, 5.74) is 1.88. The van der Waals surface area contributed by atoms with Crippen molar-refractivity contribution in [2.24, 2.45) is 11.8 Å². The number of nitrogens with zero attached hydrogens (tertiary/aromatic N) is 4. The summed E-state index contributed by atoms with van der Waals surface area (Å²) < 4.78 is 29.7. The van der Waals surface area contributed by atoms with Crippen molar-refractivity contribution >= 4 is 32.4 Å². The number of anilines is 2. The SMILES string of the molecule is N#CC1CCCCC1n1nc(Nc2ccc3c(c2)CN(CC2CCCC2)S3(=O)=O)c2c(=O)[nH]ccc21. The van der Waals surface area contributed by atoms with Crippen molar-refractivity contribution in [1.29, 1.82) is 5.26 Å². The van der Waals surface area contributed by atoms with Crippen molar-refractivity contribution in [1.82, 2.24) is 19.1 Å². The molecule has 3 aliphatic rings. The van der Waals surface area contributed by atoms with Crippen molar-refractivity contribution in [3.05, 3.63) is 46.4 Å². The lowest BCUT2D eigenvalue weighted by molar-refractivity contribution is 0.277. The Morgan fingerprint density at radius 3 is 2.69 bits per heavy atom. The predicted octanol–water partition coefficient (Wildman–Crippen LogP) is 4.42. The summed E-state index contributed by atoms with van der Waals surface area (Å²) in [5.74, 6) is 0.702. The summed E-state index contributed by atoms with van der Waals surface area (Å²) in [4.78, 5) is 15.9. The summed E-state index contributed by atoms with van der Waals surface area (Å²) >= 11 is 0. The number of sulfonamides is 1. The van der Waals surface area contributed by atoms with Crippen LogP contribution in [0.3, 0.4) is 0 Å². The highest BCUT2D eigenvalue weighted by Gasteiger charge is 2.36. The Balaban J connectivity index is 1.33. The van der Waals surface area contributed by atoms with Gasteiger partial charge in [0.2, 0.25) is 10.0 Å². The van der Waals surface area contributed by atoms with Crippen molar-refractivity contribution in [3.8, 4) is 6.07 Å². The molecule has 188 valence electrons. The van der Waals surface area contributed by atoms with Crippen LogP contribution >= 0.6 is 0 Å². The van der Waals surface area contributed by atoms with Crippen LogP contribution in [-0.4, -0.2) is 34.0 Å². The minimum atomic E-state index is -3.48. The van der Waals surface area contributed by atoms with Gasteiger partial charge in [0.1, 0.15) is 5.39 Å². The molecule has 2 atom stereocenters. The molecule has 36 heavy (non-hydrogen) atoms. The third-order valence-corrected chi connectivity index (χ3v) is 9.98. The van der Waals surface area contributed by atoms with Gasteiger partial charge in [0.15, 0.2) is 5.82 Å². The molecule has 1 aliphatic heterocycles. The summed E-state index contributed by atoms with van der Waals surface area (Å²) in [5, 5.41) is 18.2. The quantitative estimate of drug-likeness (QED) is 0.528. The Kier molecular flexibility index (Phi) is 5.85. The first-order chi connectivity index (χ1) is 17.5. The molecule has 0 spiro atoms. The number of nitriles is 1. The number of aromatic amines is 1. The number of aromatic nitrogens is 3. The normalized spacial score (nSPS) is 24.1. The first-order valence-electron chi connectivity index (χ1n) is 12.9. The van der Waals surface area contributed by atoms with Crippen LogP contribution in [0.5, 0.6) is 0 Å². The van der Waals surface area contributed by atoms with Crippen LogP contribution < -0.4 is 10.9 Å². The van der Waals surface area contributed by atoms with E-state index in [0.717, 1.165) is 44.1 Å². The van der Waals surface area contributed by atoms with E-state index in [2.05, 4.69) is 16.4 Å². The van der Waals surface area contributed by atoms with Crippen LogP contribution in [0.15, 0.2) is 40.2 Å². The molecule has 2 unspecified atom stereocenters. The third-order valence-electron chi connectivity index (χ3n) is 8.06. The summed E-state index contributed by atoms with van der Waals surface area (Å²) in [6, 6.07) is 9.40. The topological polar surface area (TPSA) is 124 Å². The monoisotopic (exact) mass is 506 g/mol. The highest BCUT2D eigenvalue weighted by molar-refractivity contribution is 7.89. The van der Waals surface area contributed by atoms with Gasteiger partial charge in [0.05, 0.1) is 28.4 Å². The molecule has 1 aromatic carbocycles. The molecule has 0 radical (unpaired) electrons. The van der Waals surface area contributed by atoms with Crippen LogP contribution in [0.2, 0.25) is 0 Å². The summed E-state index contributed by atoms with van der Waals surface area (Å²) in [6.07, 6.45) is 9.85. The molecule has 3 aromatic rings. The van der Waals surface area contributed by atoms with Gasteiger partial charge in [0, 0.05) is 25.0 Å². The zero-order valence-corrected chi connectivity index (χ0v) is 20.9. The van der Waals surface area contributed by atoms with E-state index in [1.807, 2.05) is 16.8 Å². The van der Waals surface area contributed by atoms with Crippen molar-refractivity contribution in [2.75, 3.05) is 11.9 Å². The Morgan fingerprint density at radius 1 is 1.11 bits per heavy atom. The maximum Gasteiger partial charge on any atom is 0.261 e. The van der Waals surface area contributed by atoms with Crippen LogP contribution in [0.25, 0.3) is 10.9 Å². The van der Waals surface area contributed by atoms with Gasteiger partial charge in [0.25, 0.3) is 5.56 Å². The lowest BCUT2D eigenvalue weighted by atomic mass is 9.85. The zero-order chi connectivity index (χ0) is 24.9. The van der Waals surface area contributed by atoms with E-state index >= 15 is 0 Å². The molecular weight excluding hydrogens is 476 g/mol. The number of pyridine rings is 1. The van der Waals surface area contributed by atoms with E-state index < -0.39 is 10.0 Å². The lowest BCUT2D eigenvalue weighted by Crippen LogP contribution is -2.29. The van der Waals surface area contributed by atoms with Gasteiger partial charge in [-0.1, -0.05) is 25.7 Å². The van der Waals surface area contributed by atoms with Crippen LogP contribution in [0.4, 0.5) is 11.5 Å². The molecule has 3 heterocycles. The molecule has 0 saturated heterocycles. The molecule has 0 bridgehead atoms. The van der Waals surface area contributed by atoms with E-state index in [-0.39, 0.29) is 17.5 Å². The highest BCUT2D eigenvalue weighted by Crippen LogP contribution is 2.38. The first-order valence-corrected chi connectivity index (χ1v) is 14.3. The maximum atomic E-state index is 13.1. The van der Waals surface area contributed by atoms with Gasteiger partial charge in [-0.3, -0.25) is 9.48 Å². The van der Waals surface area contributed by atoms with Gasteiger partial charge >= 0.3 is 0 Å². The molecule has 6 rings (SSSR count). The molecule has 0 amide bonds. The standard InChI is InChI=1S/C26H30N6O3S/c27-14-18-7-3-4-8-21(18)32-22-11-12-28-26(33)24(22)25(30-32)29-20-9-10-23-19(13-20)16-31(36(23,34)35)15-17-5-1-2-6-17/h9-13,17-18,21H,1-8,15-16H2,(H,28,33)(H,29,30). The second-order valence-corrected chi connectivity index (χ2v) is 12.2. The largest absolute Gasteiger partial charge is 0.338 e. The van der Waals surface area contributed by atoms with Crippen molar-refractivity contribution < 1.29 is 8.42 Å². The summed E-state index contributed by atoms with van der Waals surface area (Å²) in [7, 11) is -3.48. The third kappa shape index (κ3) is 3.91. The van der Waals surface area contributed by atoms with Crippen LogP contribution in [0.1, 0.15) is 63.0 Å². The van der Waals surface area contributed by atoms with E-state index in [4.69, 9.17) is 5.10 Å². The molecule has 10 heteroatoms. The van der Waals surface area contributed by atoms with Crippen molar-refractivity contribution in [3.63, 3.8) is 0 Å². The number of rotatable bonds is 5. The zero-order valence-electron chi connectivity index (χ0n) is 20.1. The Hall–Kier alpha value is -3.16. The van der Waals surface area contributed by atoms with Crippen molar-refractivity contribution in [2.45, 2.75) is 68.8 Å². The van der Waals surface area contributed by atoms with E-state index in [9.17, 15) is 18.5 Å². The Bertz CT molecular complexity index is 1510. The number of fused-ring (bicyclic) bond motifs is 2. The average molecular weight is 507 g/mol. The molecule has 2 saturated carbocycles. The van der Waals surface area contributed by atoms with Gasteiger partial charge in [-0.25, -0.2) is 8.42 Å². The number of hydrogen-bond acceptors (Lipinski definition) is 6. The van der Waals surface area contributed by atoms with Crippen LogP contribution in [-0.2, 0) is 16.6 Å². The smallest absolute Gasteiger partial charge is 0.261 e. The first kappa shape index (κ1) is 23.3. The number of H-pyrrole nitrogens is 1. The van der Waals surface area contributed by atoms with Gasteiger partial charge < -0.3 is 10.3 Å². The fourth-order valence-electron chi connectivity index (χ4n) is 6.22. The molecular formula is C26H30N6O3S. The predicted molar refractivity (Wildman–Crippen MR) is 136 cm³/mol. The number of benzene rings is 1. The minimum Gasteiger partial charge on any atom is -0.338 e.